The molecule has 0 bridgehead atoms. The Balaban J connectivity index is 2.35. The predicted molar refractivity (Wildman–Crippen MR) is 53.5 cm³/mol. The summed E-state index contributed by atoms with van der Waals surface area (Å²) in [6, 6.07) is 2.84. The summed E-state index contributed by atoms with van der Waals surface area (Å²) < 4.78 is 23.3. The molecule has 1 aliphatic rings. The third-order valence-electron chi connectivity index (χ3n) is 2.27. The molecule has 1 aromatic carbocycles. The normalized spacial score (nSPS) is 13.8. The van der Waals surface area contributed by atoms with Crippen molar-refractivity contribution in [3.63, 3.8) is 0 Å². The molecule has 0 aliphatic carbocycles. The average Bonchev–Trinajstić information content (AvgIpc) is 2.65. The van der Waals surface area contributed by atoms with Crippen LogP contribution in [0.1, 0.15) is 5.56 Å². The first-order chi connectivity index (χ1) is 7.63. The minimum absolute atomic E-state index is 0.0160. The van der Waals surface area contributed by atoms with Crippen LogP contribution in [0.15, 0.2) is 12.1 Å². The molecule has 16 heavy (non-hydrogen) atoms. The van der Waals surface area contributed by atoms with E-state index in [4.69, 9.17) is 10.4 Å². The van der Waals surface area contributed by atoms with Gasteiger partial charge in [0.05, 0.1) is 13.2 Å². The molecule has 0 spiro atoms. The molecule has 0 saturated carbocycles. The van der Waals surface area contributed by atoms with Crippen LogP contribution in [0.3, 0.4) is 0 Å². The van der Waals surface area contributed by atoms with E-state index in [1.807, 2.05) is 0 Å². The van der Waals surface area contributed by atoms with Gasteiger partial charge >= 0.3 is 13.1 Å². The summed E-state index contributed by atoms with van der Waals surface area (Å²) in [5.74, 6) is -1.78. The summed E-state index contributed by atoms with van der Waals surface area (Å²) in [6.45, 7) is -0.200. The third kappa shape index (κ3) is 1.80. The second-order valence-corrected chi connectivity index (χ2v) is 3.29. The maximum absolute atomic E-state index is 13.8. The number of fused-ring (bicyclic) bond motifs is 1. The van der Waals surface area contributed by atoms with Gasteiger partial charge in [0.2, 0.25) is 0 Å². The number of ether oxygens (including phenoxy) is 1. The van der Waals surface area contributed by atoms with Gasteiger partial charge in [-0.2, -0.15) is 0 Å². The molecule has 5 nitrogen and oxygen atoms in total. The highest BCUT2D eigenvalue weighted by atomic mass is 19.1. The van der Waals surface area contributed by atoms with Gasteiger partial charge in [0.15, 0.2) is 11.6 Å². The Morgan fingerprint density at radius 2 is 2.44 bits per heavy atom. The number of carbonyl (C=O) groups is 1. The van der Waals surface area contributed by atoms with E-state index in [1.165, 1.54) is 12.1 Å². The topological polar surface area (TPSA) is 81.8 Å². The van der Waals surface area contributed by atoms with Gasteiger partial charge < -0.3 is 20.1 Å². The minimum atomic E-state index is -1.31. The third-order valence-corrected chi connectivity index (χ3v) is 2.27. The van der Waals surface area contributed by atoms with Crippen molar-refractivity contribution in [2.75, 3.05) is 6.54 Å². The first-order valence-corrected chi connectivity index (χ1v) is 4.65. The molecular weight excluding hydrogens is 216 g/mol. The molecule has 0 radical (unpaired) electrons. The van der Waals surface area contributed by atoms with Crippen molar-refractivity contribution < 1.29 is 23.6 Å². The van der Waals surface area contributed by atoms with E-state index in [9.17, 15) is 14.2 Å². The molecule has 3 N–H and O–H groups in total. The van der Waals surface area contributed by atoms with Gasteiger partial charge in [0.25, 0.3) is 0 Å². The summed E-state index contributed by atoms with van der Waals surface area (Å²) in [6.07, 6.45) is 0. The fraction of sp³-hybridized carbons (Fsp3) is 0.222. The van der Waals surface area contributed by atoms with Crippen LogP contribution in [0.4, 0.5) is 4.39 Å². The molecular formula is C9H9BFNO4. The van der Waals surface area contributed by atoms with Crippen LogP contribution in [0.25, 0.3) is 0 Å². The quantitative estimate of drug-likeness (QED) is 0.379. The Morgan fingerprint density at radius 3 is 3.12 bits per heavy atom. The second kappa shape index (κ2) is 4.21. The summed E-state index contributed by atoms with van der Waals surface area (Å²) >= 11 is 0. The lowest BCUT2D eigenvalue weighted by Crippen LogP contribution is -2.32. The number of benzene rings is 1. The van der Waals surface area contributed by atoms with E-state index in [1.54, 1.807) is 0 Å². The fourth-order valence-corrected chi connectivity index (χ4v) is 1.50. The molecule has 1 aromatic rings. The monoisotopic (exact) mass is 225 g/mol. The molecule has 1 aliphatic heterocycles. The smallest absolute Gasteiger partial charge is 0.423 e. The highest BCUT2D eigenvalue weighted by molar-refractivity contribution is 6.61. The van der Waals surface area contributed by atoms with Crippen LogP contribution in [-0.2, 0) is 16.1 Å². The molecule has 0 fully saturated rings. The molecule has 0 unspecified atom stereocenters. The zero-order valence-corrected chi connectivity index (χ0v) is 8.27. The molecule has 0 aromatic heterocycles. The number of halogens is 1. The summed E-state index contributed by atoms with van der Waals surface area (Å²) in [4.78, 5) is 10.9. The lowest BCUT2D eigenvalue weighted by atomic mass is 9.79. The van der Waals surface area contributed by atoms with Gasteiger partial charge in [-0.05, 0) is 11.6 Å². The lowest BCUT2D eigenvalue weighted by Gasteiger charge is -2.07. The average molecular weight is 225 g/mol. The van der Waals surface area contributed by atoms with Crippen molar-refractivity contribution in [1.82, 2.24) is 0 Å². The first kappa shape index (κ1) is 11.1. The Labute approximate surface area is 91.1 Å². The van der Waals surface area contributed by atoms with Gasteiger partial charge in [-0.15, -0.1) is 0 Å². The van der Waals surface area contributed by atoms with Gasteiger partial charge in [-0.3, -0.25) is 4.79 Å². The maximum atomic E-state index is 13.8. The number of nitrogens with two attached hydrogens (primary N) is 1. The Kier molecular flexibility index (Phi) is 2.91. The Bertz CT molecular complexity index is 440. The van der Waals surface area contributed by atoms with Crippen LogP contribution >= 0.6 is 0 Å². The Hall–Kier alpha value is -1.44. The molecule has 84 valence electrons. The summed E-state index contributed by atoms with van der Waals surface area (Å²) in [5.41, 5.74) is 5.59. The summed E-state index contributed by atoms with van der Waals surface area (Å²) in [5, 5.41) is 9.35. The van der Waals surface area contributed by atoms with Crippen LogP contribution in [0, 0.1) is 5.82 Å². The lowest BCUT2D eigenvalue weighted by molar-refractivity contribution is -0.132. The minimum Gasteiger partial charge on any atom is -0.423 e. The van der Waals surface area contributed by atoms with E-state index in [0.717, 1.165) is 0 Å². The van der Waals surface area contributed by atoms with Crippen molar-refractivity contribution >= 4 is 18.6 Å². The van der Waals surface area contributed by atoms with Crippen LogP contribution in [0.5, 0.6) is 5.75 Å². The van der Waals surface area contributed by atoms with Crippen molar-refractivity contribution in [3.8, 4) is 5.75 Å². The molecule has 0 saturated heterocycles. The largest absolute Gasteiger partial charge is 0.494 e. The highest BCUT2D eigenvalue weighted by Gasteiger charge is 2.32. The van der Waals surface area contributed by atoms with Crippen molar-refractivity contribution in [2.45, 2.75) is 6.61 Å². The molecule has 2 rings (SSSR count). The molecule has 0 atom stereocenters. The number of esters is 1. The molecule has 0 amide bonds. The zero-order chi connectivity index (χ0) is 11.7. The molecule has 1 heterocycles. The van der Waals surface area contributed by atoms with Crippen LogP contribution < -0.4 is 15.9 Å². The first-order valence-electron chi connectivity index (χ1n) is 4.65. The SMILES string of the molecule is NCC(=O)Oc1ccc2c(c1F)B(O)OC2. The van der Waals surface area contributed by atoms with Gasteiger partial charge in [-0.1, -0.05) is 6.07 Å². The second-order valence-electron chi connectivity index (χ2n) is 3.29. The van der Waals surface area contributed by atoms with E-state index < -0.39 is 18.9 Å². The standard InChI is InChI=1S/C9H9BFNO4/c11-9-6(16-7(13)3-12)2-1-5-4-15-10(14)8(5)9/h1-2,14H,3-4,12H2. The van der Waals surface area contributed by atoms with Gasteiger partial charge in [-0.25, -0.2) is 4.39 Å². The predicted octanol–water partition coefficient (Wildman–Crippen LogP) is -1.09. The van der Waals surface area contributed by atoms with Crippen LogP contribution in [0.2, 0.25) is 0 Å². The molecule has 7 heteroatoms. The fourth-order valence-electron chi connectivity index (χ4n) is 1.50. The maximum Gasteiger partial charge on any atom is 0.494 e. The van der Waals surface area contributed by atoms with E-state index in [-0.39, 0.29) is 24.4 Å². The number of hydrogen-bond donors (Lipinski definition) is 2. The van der Waals surface area contributed by atoms with Crippen molar-refractivity contribution in [1.29, 1.82) is 0 Å². The van der Waals surface area contributed by atoms with Crippen LogP contribution in [-0.4, -0.2) is 24.7 Å². The van der Waals surface area contributed by atoms with Gasteiger partial charge in [0.1, 0.15) is 0 Å². The van der Waals surface area contributed by atoms with Gasteiger partial charge in [0, 0.05) is 5.46 Å². The zero-order valence-electron chi connectivity index (χ0n) is 8.27. The van der Waals surface area contributed by atoms with E-state index >= 15 is 0 Å². The van der Waals surface area contributed by atoms with Crippen molar-refractivity contribution in [2.24, 2.45) is 5.73 Å². The summed E-state index contributed by atoms with van der Waals surface area (Å²) in [7, 11) is -1.31. The van der Waals surface area contributed by atoms with E-state index in [0.29, 0.717) is 5.56 Å². The Morgan fingerprint density at radius 1 is 1.69 bits per heavy atom. The number of rotatable bonds is 2. The number of carbonyl (C=O) groups excluding carboxylic acids is 1. The highest BCUT2D eigenvalue weighted by Crippen LogP contribution is 2.21. The van der Waals surface area contributed by atoms with Crippen molar-refractivity contribution in [3.05, 3.63) is 23.5 Å². The van der Waals surface area contributed by atoms with E-state index in [2.05, 4.69) is 4.74 Å². The number of hydrogen-bond acceptors (Lipinski definition) is 5.